The fourth-order valence-corrected chi connectivity index (χ4v) is 4.01. The van der Waals surface area contributed by atoms with Gasteiger partial charge in [-0.1, -0.05) is 6.07 Å². The van der Waals surface area contributed by atoms with Crippen LogP contribution in [0, 0.1) is 0 Å². The van der Waals surface area contributed by atoms with Gasteiger partial charge in [0, 0.05) is 49.5 Å². The maximum absolute atomic E-state index is 12.6. The molecular weight excluding hydrogens is 270 g/mol. The zero-order valence-corrected chi connectivity index (χ0v) is 12.4. The van der Waals surface area contributed by atoms with Crippen LogP contribution in [0.4, 0.5) is 0 Å². The average molecular weight is 291 g/mol. The number of carbonyl (C=O) groups excluding carboxylic acids is 1. The molecule has 2 fully saturated rings. The third-order valence-corrected chi connectivity index (χ3v) is 5.19. The maximum Gasteiger partial charge on any atom is 0.224 e. The molecule has 3 heterocycles. The molecule has 108 valence electrons. The van der Waals surface area contributed by atoms with Gasteiger partial charge in [0.05, 0.1) is 6.04 Å². The molecule has 1 amide bonds. The van der Waals surface area contributed by atoms with E-state index in [1.165, 1.54) is 5.56 Å². The fourth-order valence-electron chi connectivity index (χ4n) is 3.06. The van der Waals surface area contributed by atoms with Gasteiger partial charge in [-0.3, -0.25) is 9.78 Å². The Balaban J connectivity index is 1.64. The molecule has 1 N–H and O–H groups in total. The number of aromatic nitrogens is 1. The lowest BCUT2D eigenvalue weighted by Crippen LogP contribution is -2.42. The van der Waals surface area contributed by atoms with E-state index in [9.17, 15) is 4.79 Å². The van der Waals surface area contributed by atoms with Gasteiger partial charge in [-0.05, 0) is 24.5 Å². The molecule has 0 bridgehead atoms. The van der Waals surface area contributed by atoms with E-state index in [4.69, 9.17) is 0 Å². The Morgan fingerprint density at radius 1 is 1.55 bits per heavy atom. The summed E-state index contributed by atoms with van der Waals surface area (Å²) in [7, 11) is 0. The predicted octanol–water partition coefficient (Wildman–Crippen LogP) is 1.84. The van der Waals surface area contributed by atoms with E-state index >= 15 is 0 Å². The second-order valence-electron chi connectivity index (χ2n) is 5.46. The molecule has 0 saturated carbocycles. The minimum atomic E-state index is 0.229. The highest BCUT2D eigenvalue weighted by Crippen LogP contribution is 2.32. The minimum absolute atomic E-state index is 0.229. The molecule has 1 aromatic rings. The summed E-state index contributed by atoms with van der Waals surface area (Å²) >= 11 is 1.94. The standard InChI is InChI=1S/C15H21N3OS/c19-15(9-13-11-20-8-6-17-13)18-7-2-4-14(18)12-3-1-5-16-10-12/h1,3,5,10,13-14,17H,2,4,6-9,11H2. The first-order valence-electron chi connectivity index (χ1n) is 7.35. The number of amides is 1. The van der Waals surface area contributed by atoms with E-state index < -0.39 is 0 Å². The van der Waals surface area contributed by atoms with E-state index in [-0.39, 0.29) is 11.9 Å². The predicted molar refractivity (Wildman–Crippen MR) is 81.7 cm³/mol. The summed E-state index contributed by atoms with van der Waals surface area (Å²) in [6, 6.07) is 4.61. The van der Waals surface area contributed by atoms with Crippen LogP contribution in [0.5, 0.6) is 0 Å². The summed E-state index contributed by atoms with van der Waals surface area (Å²) < 4.78 is 0. The van der Waals surface area contributed by atoms with E-state index in [1.807, 2.05) is 24.0 Å². The maximum atomic E-state index is 12.6. The van der Waals surface area contributed by atoms with Gasteiger partial charge in [0.2, 0.25) is 5.91 Å². The van der Waals surface area contributed by atoms with Crippen molar-refractivity contribution in [3.05, 3.63) is 30.1 Å². The van der Waals surface area contributed by atoms with Crippen LogP contribution in [0.15, 0.2) is 24.5 Å². The van der Waals surface area contributed by atoms with Crippen molar-refractivity contribution in [3.63, 3.8) is 0 Å². The van der Waals surface area contributed by atoms with Crippen molar-refractivity contribution in [2.75, 3.05) is 24.6 Å². The average Bonchev–Trinajstić information content (AvgIpc) is 2.99. The van der Waals surface area contributed by atoms with Crippen molar-refractivity contribution in [3.8, 4) is 0 Å². The SMILES string of the molecule is O=C(CC1CSCCN1)N1CCCC1c1cccnc1. The summed E-state index contributed by atoms with van der Waals surface area (Å²) in [5.74, 6) is 2.50. The van der Waals surface area contributed by atoms with E-state index in [2.05, 4.69) is 21.3 Å². The summed E-state index contributed by atoms with van der Waals surface area (Å²) in [6.45, 7) is 1.91. The molecule has 0 radical (unpaired) electrons. The number of hydrogen-bond acceptors (Lipinski definition) is 4. The van der Waals surface area contributed by atoms with Gasteiger partial charge in [0.15, 0.2) is 0 Å². The molecule has 2 aliphatic rings. The van der Waals surface area contributed by atoms with Gasteiger partial charge in [0.25, 0.3) is 0 Å². The van der Waals surface area contributed by atoms with Crippen LogP contribution >= 0.6 is 11.8 Å². The summed E-state index contributed by atoms with van der Waals surface area (Å²) in [5.41, 5.74) is 1.17. The molecule has 0 aliphatic carbocycles. The van der Waals surface area contributed by atoms with Gasteiger partial charge in [-0.2, -0.15) is 11.8 Å². The van der Waals surface area contributed by atoms with Crippen LogP contribution in [-0.4, -0.2) is 46.4 Å². The fraction of sp³-hybridized carbons (Fsp3) is 0.600. The normalized spacial score (nSPS) is 26.7. The highest BCUT2D eigenvalue weighted by atomic mass is 32.2. The summed E-state index contributed by atoms with van der Waals surface area (Å²) in [4.78, 5) is 18.8. The highest BCUT2D eigenvalue weighted by Gasteiger charge is 2.31. The number of rotatable bonds is 3. The first kappa shape index (κ1) is 13.9. The summed E-state index contributed by atoms with van der Waals surface area (Å²) in [6.07, 6.45) is 6.46. The van der Waals surface area contributed by atoms with E-state index in [1.54, 1.807) is 6.20 Å². The molecule has 5 heteroatoms. The number of thioether (sulfide) groups is 1. The number of nitrogens with zero attached hydrogens (tertiary/aromatic N) is 2. The van der Waals surface area contributed by atoms with Gasteiger partial charge in [-0.25, -0.2) is 0 Å². The van der Waals surface area contributed by atoms with E-state index in [0.717, 1.165) is 37.4 Å². The van der Waals surface area contributed by atoms with Crippen LogP contribution < -0.4 is 5.32 Å². The van der Waals surface area contributed by atoms with E-state index in [0.29, 0.717) is 12.5 Å². The molecule has 0 aromatic carbocycles. The van der Waals surface area contributed by atoms with Gasteiger partial charge >= 0.3 is 0 Å². The zero-order chi connectivity index (χ0) is 13.8. The molecule has 2 aliphatic heterocycles. The van der Waals surface area contributed by atoms with Crippen molar-refractivity contribution < 1.29 is 4.79 Å². The number of pyridine rings is 1. The van der Waals surface area contributed by atoms with Crippen LogP contribution in [0.3, 0.4) is 0 Å². The Hall–Kier alpha value is -1.07. The Kier molecular flexibility index (Phi) is 4.58. The second kappa shape index (κ2) is 6.59. The van der Waals surface area contributed by atoms with Crippen molar-refractivity contribution in [2.45, 2.75) is 31.3 Å². The first-order chi connectivity index (χ1) is 9.84. The lowest BCUT2D eigenvalue weighted by molar-refractivity contribution is -0.132. The molecule has 20 heavy (non-hydrogen) atoms. The zero-order valence-electron chi connectivity index (χ0n) is 11.6. The molecule has 0 spiro atoms. The van der Waals surface area contributed by atoms with Crippen molar-refractivity contribution in [1.82, 2.24) is 15.2 Å². The topological polar surface area (TPSA) is 45.2 Å². The molecular formula is C15H21N3OS. The van der Waals surface area contributed by atoms with Crippen LogP contribution in [0.25, 0.3) is 0 Å². The Morgan fingerprint density at radius 3 is 3.25 bits per heavy atom. The lowest BCUT2D eigenvalue weighted by Gasteiger charge is -2.28. The van der Waals surface area contributed by atoms with Crippen LogP contribution in [-0.2, 0) is 4.79 Å². The quantitative estimate of drug-likeness (QED) is 0.923. The Labute approximate surface area is 124 Å². The Morgan fingerprint density at radius 2 is 2.50 bits per heavy atom. The van der Waals surface area contributed by atoms with Gasteiger partial charge in [0.1, 0.15) is 0 Å². The number of carbonyl (C=O) groups is 1. The Bertz CT molecular complexity index is 448. The molecule has 3 rings (SSSR count). The third-order valence-electron chi connectivity index (χ3n) is 4.06. The highest BCUT2D eigenvalue weighted by molar-refractivity contribution is 7.99. The van der Waals surface area contributed by atoms with Gasteiger partial charge < -0.3 is 10.2 Å². The van der Waals surface area contributed by atoms with Crippen LogP contribution in [0.2, 0.25) is 0 Å². The molecule has 2 saturated heterocycles. The molecule has 1 aromatic heterocycles. The van der Waals surface area contributed by atoms with Crippen molar-refractivity contribution in [1.29, 1.82) is 0 Å². The monoisotopic (exact) mass is 291 g/mol. The molecule has 2 unspecified atom stereocenters. The molecule has 2 atom stereocenters. The number of hydrogen-bond donors (Lipinski definition) is 1. The lowest BCUT2D eigenvalue weighted by atomic mass is 10.1. The second-order valence-corrected chi connectivity index (χ2v) is 6.61. The smallest absolute Gasteiger partial charge is 0.224 e. The molecule has 4 nitrogen and oxygen atoms in total. The van der Waals surface area contributed by atoms with Crippen molar-refractivity contribution >= 4 is 17.7 Å². The van der Waals surface area contributed by atoms with Crippen molar-refractivity contribution in [2.24, 2.45) is 0 Å². The number of likely N-dealkylation sites (tertiary alicyclic amines) is 1. The largest absolute Gasteiger partial charge is 0.336 e. The minimum Gasteiger partial charge on any atom is -0.336 e. The summed E-state index contributed by atoms with van der Waals surface area (Å²) in [5, 5.41) is 3.45. The number of nitrogens with one attached hydrogen (secondary N) is 1. The third kappa shape index (κ3) is 3.15. The first-order valence-corrected chi connectivity index (χ1v) is 8.50. The van der Waals surface area contributed by atoms with Gasteiger partial charge in [-0.15, -0.1) is 0 Å². The van der Waals surface area contributed by atoms with Crippen LogP contribution in [0.1, 0.15) is 30.9 Å².